The molecular formula is C17H18ClF2N. The van der Waals surface area contributed by atoms with Gasteiger partial charge in [-0.2, -0.15) is 0 Å². The van der Waals surface area contributed by atoms with Crippen LogP contribution in [0.2, 0.25) is 5.02 Å². The van der Waals surface area contributed by atoms with Crippen LogP contribution in [0, 0.1) is 18.6 Å². The first-order valence-corrected chi connectivity index (χ1v) is 7.33. The molecule has 0 radical (unpaired) electrons. The zero-order valence-electron chi connectivity index (χ0n) is 12.1. The number of benzene rings is 2. The molecule has 0 spiro atoms. The van der Waals surface area contributed by atoms with E-state index >= 15 is 0 Å². The number of hydrogen-bond donors (Lipinski definition) is 1. The molecule has 1 nitrogen and oxygen atoms in total. The SMILES string of the molecule is CCNC(Cc1ccc(Cl)cc1)c1c(F)ccc(C)c1F. The van der Waals surface area contributed by atoms with Crippen molar-refractivity contribution in [2.75, 3.05) is 6.54 Å². The van der Waals surface area contributed by atoms with E-state index in [2.05, 4.69) is 5.32 Å². The maximum atomic E-state index is 14.3. The summed E-state index contributed by atoms with van der Waals surface area (Å²) in [6.07, 6.45) is 0.502. The van der Waals surface area contributed by atoms with Crippen molar-refractivity contribution in [3.63, 3.8) is 0 Å². The number of likely N-dealkylation sites (N-methyl/N-ethyl adjacent to an activating group) is 1. The van der Waals surface area contributed by atoms with Gasteiger partial charge in [0.25, 0.3) is 0 Å². The van der Waals surface area contributed by atoms with Crippen LogP contribution in [-0.4, -0.2) is 6.54 Å². The summed E-state index contributed by atoms with van der Waals surface area (Å²) in [7, 11) is 0. The lowest BCUT2D eigenvalue weighted by Gasteiger charge is -2.20. The van der Waals surface area contributed by atoms with Crippen LogP contribution in [0.4, 0.5) is 8.78 Å². The fourth-order valence-corrected chi connectivity index (χ4v) is 2.50. The van der Waals surface area contributed by atoms with E-state index in [1.165, 1.54) is 12.1 Å². The normalized spacial score (nSPS) is 12.4. The van der Waals surface area contributed by atoms with Gasteiger partial charge in [-0.15, -0.1) is 0 Å². The van der Waals surface area contributed by atoms with Gasteiger partial charge in [0.05, 0.1) is 0 Å². The highest BCUT2D eigenvalue weighted by molar-refractivity contribution is 6.30. The largest absolute Gasteiger partial charge is 0.310 e. The first kappa shape index (κ1) is 15.9. The zero-order chi connectivity index (χ0) is 15.4. The fourth-order valence-electron chi connectivity index (χ4n) is 2.38. The second-order valence-electron chi connectivity index (χ2n) is 5.03. The molecule has 0 heterocycles. The number of halogens is 3. The van der Waals surface area contributed by atoms with E-state index in [1.807, 2.05) is 19.1 Å². The number of hydrogen-bond acceptors (Lipinski definition) is 1. The van der Waals surface area contributed by atoms with Crippen molar-refractivity contribution in [1.82, 2.24) is 5.32 Å². The minimum absolute atomic E-state index is 0.104. The number of rotatable bonds is 5. The summed E-state index contributed by atoms with van der Waals surface area (Å²) in [6, 6.07) is 9.68. The van der Waals surface area contributed by atoms with Gasteiger partial charge in [0.15, 0.2) is 0 Å². The molecule has 0 aliphatic heterocycles. The van der Waals surface area contributed by atoms with Crippen LogP contribution in [0.15, 0.2) is 36.4 Å². The monoisotopic (exact) mass is 309 g/mol. The second-order valence-corrected chi connectivity index (χ2v) is 5.47. The van der Waals surface area contributed by atoms with Crippen LogP contribution in [0.5, 0.6) is 0 Å². The van der Waals surface area contributed by atoms with Crippen molar-refractivity contribution in [2.24, 2.45) is 0 Å². The van der Waals surface area contributed by atoms with Gasteiger partial charge in [-0.1, -0.05) is 36.7 Å². The van der Waals surface area contributed by atoms with Gasteiger partial charge in [0, 0.05) is 16.6 Å². The van der Waals surface area contributed by atoms with Crippen LogP contribution >= 0.6 is 11.6 Å². The highest BCUT2D eigenvalue weighted by atomic mass is 35.5. The fraction of sp³-hybridized carbons (Fsp3) is 0.294. The molecule has 0 aliphatic carbocycles. The van der Waals surface area contributed by atoms with Gasteiger partial charge in [-0.3, -0.25) is 0 Å². The lowest BCUT2D eigenvalue weighted by molar-refractivity contribution is 0.470. The number of nitrogens with one attached hydrogen (secondary N) is 1. The molecule has 0 saturated heterocycles. The van der Waals surface area contributed by atoms with E-state index in [1.54, 1.807) is 19.1 Å². The molecule has 0 bridgehead atoms. The summed E-state index contributed by atoms with van der Waals surface area (Å²) >= 11 is 5.86. The lowest BCUT2D eigenvalue weighted by Crippen LogP contribution is -2.25. The Hall–Kier alpha value is -1.45. The van der Waals surface area contributed by atoms with Crippen molar-refractivity contribution in [1.29, 1.82) is 0 Å². The molecule has 2 aromatic carbocycles. The summed E-state index contributed by atoms with van der Waals surface area (Å²) in [4.78, 5) is 0. The van der Waals surface area contributed by atoms with Gasteiger partial charge in [0.1, 0.15) is 11.6 Å². The van der Waals surface area contributed by atoms with E-state index in [0.717, 1.165) is 5.56 Å². The van der Waals surface area contributed by atoms with Gasteiger partial charge < -0.3 is 5.32 Å². The van der Waals surface area contributed by atoms with E-state index < -0.39 is 17.7 Å². The Balaban J connectivity index is 2.35. The summed E-state index contributed by atoms with van der Waals surface area (Å²) in [5.41, 5.74) is 1.53. The highest BCUT2D eigenvalue weighted by Gasteiger charge is 2.21. The minimum atomic E-state index is -0.516. The predicted octanol–water partition coefficient (Wildman–Crippen LogP) is 4.82. The average molecular weight is 310 g/mol. The van der Waals surface area contributed by atoms with Crippen LogP contribution in [0.3, 0.4) is 0 Å². The van der Waals surface area contributed by atoms with Crippen molar-refractivity contribution < 1.29 is 8.78 Å². The van der Waals surface area contributed by atoms with Crippen LogP contribution in [0.1, 0.15) is 29.7 Å². The zero-order valence-corrected chi connectivity index (χ0v) is 12.8. The minimum Gasteiger partial charge on any atom is -0.310 e. The highest BCUT2D eigenvalue weighted by Crippen LogP contribution is 2.26. The van der Waals surface area contributed by atoms with Crippen molar-refractivity contribution in [2.45, 2.75) is 26.3 Å². The summed E-state index contributed by atoms with van der Waals surface area (Å²) in [6.45, 7) is 4.19. The molecule has 2 rings (SSSR count). The van der Waals surface area contributed by atoms with Crippen LogP contribution in [0.25, 0.3) is 0 Å². The van der Waals surface area contributed by atoms with Gasteiger partial charge in [0.2, 0.25) is 0 Å². The third-order valence-electron chi connectivity index (χ3n) is 3.47. The van der Waals surface area contributed by atoms with Gasteiger partial charge >= 0.3 is 0 Å². The van der Waals surface area contributed by atoms with Crippen LogP contribution < -0.4 is 5.32 Å². The molecule has 2 aromatic rings. The molecule has 1 N–H and O–H groups in total. The molecule has 1 atom stereocenters. The van der Waals surface area contributed by atoms with Crippen molar-refractivity contribution in [3.8, 4) is 0 Å². The molecule has 112 valence electrons. The van der Waals surface area contributed by atoms with E-state index in [-0.39, 0.29) is 5.56 Å². The Labute approximate surface area is 128 Å². The van der Waals surface area contributed by atoms with E-state index in [9.17, 15) is 8.78 Å². The van der Waals surface area contributed by atoms with Gasteiger partial charge in [-0.25, -0.2) is 8.78 Å². The Kier molecular flexibility index (Phi) is 5.32. The van der Waals surface area contributed by atoms with E-state index in [4.69, 9.17) is 11.6 Å². The molecule has 0 fully saturated rings. The number of aryl methyl sites for hydroxylation is 1. The molecule has 0 saturated carbocycles. The maximum Gasteiger partial charge on any atom is 0.133 e. The maximum absolute atomic E-state index is 14.3. The summed E-state index contributed by atoms with van der Waals surface area (Å²) in [5, 5.41) is 3.80. The summed E-state index contributed by atoms with van der Waals surface area (Å²) in [5.74, 6) is -0.993. The molecule has 0 aliphatic rings. The first-order valence-electron chi connectivity index (χ1n) is 6.95. The average Bonchev–Trinajstić information content (AvgIpc) is 2.46. The topological polar surface area (TPSA) is 12.0 Å². The molecule has 4 heteroatoms. The smallest absolute Gasteiger partial charge is 0.133 e. The predicted molar refractivity (Wildman–Crippen MR) is 82.7 cm³/mol. The Morgan fingerprint density at radius 2 is 1.76 bits per heavy atom. The Morgan fingerprint density at radius 3 is 2.38 bits per heavy atom. The molecule has 21 heavy (non-hydrogen) atoms. The van der Waals surface area contributed by atoms with Crippen molar-refractivity contribution in [3.05, 3.63) is 69.7 Å². The first-order chi connectivity index (χ1) is 10.0. The Bertz CT molecular complexity index is 611. The Morgan fingerprint density at radius 1 is 1.10 bits per heavy atom. The van der Waals surface area contributed by atoms with Gasteiger partial charge in [-0.05, 0) is 49.2 Å². The molecule has 0 aromatic heterocycles. The van der Waals surface area contributed by atoms with E-state index in [0.29, 0.717) is 23.6 Å². The molecule has 0 amide bonds. The third kappa shape index (κ3) is 3.80. The van der Waals surface area contributed by atoms with Crippen LogP contribution in [-0.2, 0) is 6.42 Å². The standard InChI is InChI=1S/C17H18ClF2N/c1-3-21-15(10-12-5-7-13(18)8-6-12)16-14(19)9-4-11(2)17(16)20/h4-9,15,21H,3,10H2,1-2H3. The second kappa shape index (κ2) is 7.01. The van der Waals surface area contributed by atoms with Crippen molar-refractivity contribution >= 4 is 11.6 Å². The summed E-state index contributed by atoms with van der Waals surface area (Å²) < 4.78 is 28.4. The third-order valence-corrected chi connectivity index (χ3v) is 3.72. The lowest BCUT2D eigenvalue weighted by atomic mass is 9.96. The molecule has 1 unspecified atom stereocenters. The quantitative estimate of drug-likeness (QED) is 0.835. The molecular weight excluding hydrogens is 292 g/mol.